The van der Waals surface area contributed by atoms with E-state index in [0.29, 0.717) is 5.92 Å². The first-order valence-electron chi connectivity index (χ1n) is 3.87. The van der Waals surface area contributed by atoms with Crippen molar-refractivity contribution < 1.29 is 9.53 Å². The smallest absolute Gasteiger partial charge is 0.404 e. The van der Waals surface area contributed by atoms with Crippen molar-refractivity contribution in [2.24, 2.45) is 11.7 Å². The summed E-state index contributed by atoms with van der Waals surface area (Å²) in [6.45, 7) is 3.79. The number of ether oxygens (including phenoxy) is 1. The summed E-state index contributed by atoms with van der Waals surface area (Å²) in [7, 11) is 0. The lowest BCUT2D eigenvalue weighted by Crippen LogP contribution is -2.43. The Kier molecular flexibility index (Phi) is 2.70. The van der Waals surface area contributed by atoms with Gasteiger partial charge in [-0.3, -0.25) is 0 Å². The molecular formula is C7H14N2O2. The van der Waals surface area contributed by atoms with Gasteiger partial charge in [-0.25, -0.2) is 4.79 Å². The Balaban J connectivity index is 2.35. The van der Waals surface area contributed by atoms with Gasteiger partial charge in [0.15, 0.2) is 0 Å². The summed E-state index contributed by atoms with van der Waals surface area (Å²) in [6.07, 6.45) is 0.324. The van der Waals surface area contributed by atoms with Gasteiger partial charge in [-0.15, -0.1) is 0 Å². The van der Waals surface area contributed by atoms with Gasteiger partial charge in [-0.1, -0.05) is 6.92 Å². The Morgan fingerprint density at radius 2 is 2.45 bits per heavy atom. The zero-order valence-electron chi connectivity index (χ0n) is 6.67. The van der Waals surface area contributed by atoms with Crippen LogP contribution < -0.4 is 11.1 Å². The molecule has 0 aromatic carbocycles. The minimum Gasteiger partial charge on any atom is -0.445 e. The third-order valence-corrected chi connectivity index (χ3v) is 2.02. The average Bonchev–Trinajstić information content (AvgIpc) is 1.93. The van der Waals surface area contributed by atoms with Crippen LogP contribution in [0, 0.1) is 5.92 Å². The van der Waals surface area contributed by atoms with E-state index >= 15 is 0 Å². The molecule has 1 saturated heterocycles. The first-order chi connectivity index (χ1) is 5.20. The highest BCUT2D eigenvalue weighted by molar-refractivity contribution is 5.64. The number of hydrogen-bond donors (Lipinski definition) is 2. The molecule has 0 aliphatic carbocycles. The molecule has 1 rings (SSSR count). The van der Waals surface area contributed by atoms with Gasteiger partial charge >= 0.3 is 6.09 Å². The number of rotatable bonds is 1. The second-order valence-electron chi connectivity index (χ2n) is 2.95. The van der Waals surface area contributed by atoms with Crippen LogP contribution in [0.3, 0.4) is 0 Å². The van der Waals surface area contributed by atoms with Gasteiger partial charge < -0.3 is 15.8 Å². The van der Waals surface area contributed by atoms with Crippen LogP contribution in [0.4, 0.5) is 4.79 Å². The molecule has 1 amide bonds. The van der Waals surface area contributed by atoms with Crippen LogP contribution in [0.2, 0.25) is 0 Å². The molecule has 0 radical (unpaired) electrons. The fraction of sp³-hybridized carbons (Fsp3) is 0.857. The van der Waals surface area contributed by atoms with E-state index in [2.05, 4.69) is 12.2 Å². The van der Waals surface area contributed by atoms with E-state index < -0.39 is 6.09 Å². The molecule has 0 bridgehead atoms. The summed E-state index contributed by atoms with van der Waals surface area (Å²) >= 11 is 0. The average molecular weight is 158 g/mol. The first kappa shape index (κ1) is 8.33. The Morgan fingerprint density at radius 1 is 1.73 bits per heavy atom. The molecule has 4 heteroatoms. The van der Waals surface area contributed by atoms with Gasteiger partial charge in [0.1, 0.15) is 6.10 Å². The molecule has 2 atom stereocenters. The number of carbonyl (C=O) groups excluding carboxylic acids is 1. The van der Waals surface area contributed by atoms with Crippen LogP contribution in [-0.4, -0.2) is 25.3 Å². The highest BCUT2D eigenvalue weighted by atomic mass is 16.6. The molecule has 1 aliphatic heterocycles. The normalized spacial score (nSPS) is 31.4. The molecule has 64 valence electrons. The molecule has 0 aromatic rings. The molecular weight excluding hydrogens is 144 g/mol. The van der Waals surface area contributed by atoms with Crippen molar-refractivity contribution in [2.45, 2.75) is 19.4 Å². The summed E-state index contributed by atoms with van der Waals surface area (Å²) in [4.78, 5) is 10.4. The van der Waals surface area contributed by atoms with E-state index in [9.17, 15) is 4.79 Å². The van der Waals surface area contributed by atoms with Gasteiger partial charge in [-0.05, 0) is 18.9 Å². The Labute approximate surface area is 66.1 Å². The minimum atomic E-state index is -0.675. The van der Waals surface area contributed by atoms with E-state index in [-0.39, 0.29) is 6.10 Å². The third kappa shape index (κ3) is 2.38. The molecule has 1 heterocycles. The van der Waals surface area contributed by atoms with Crippen LogP contribution in [0.1, 0.15) is 13.3 Å². The molecule has 1 fully saturated rings. The highest BCUT2D eigenvalue weighted by Gasteiger charge is 2.23. The van der Waals surface area contributed by atoms with Crippen molar-refractivity contribution in [3.8, 4) is 0 Å². The highest BCUT2D eigenvalue weighted by Crippen LogP contribution is 2.14. The molecule has 0 spiro atoms. The molecule has 0 aromatic heterocycles. The lowest BCUT2D eigenvalue weighted by molar-refractivity contribution is 0.0583. The second kappa shape index (κ2) is 3.57. The Hall–Kier alpha value is -0.770. The summed E-state index contributed by atoms with van der Waals surface area (Å²) in [5.74, 6) is 0.420. The molecule has 4 nitrogen and oxygen atoms in total. The number of carbonyl (C=O) groups is 1. The maximum atomic E-state index is 10.4. The van der Waals surface area contributed by atoms with Crippen molar-refractivity contribution in [1.29, 1.82) is 0 Å². The summed E-state index contributed by atoms with van der Waals surface area (Å²) < 4.78 is 4.88. The zero-order valence-corrected chi connectivity index (χ0v) is 6.67. The van der Waals surface area contributed by atoms with E-state index in [1.54, 1.807) is 0 Å². The lowest BCUT2D eigenvalue weighted by Gasteiger charge is -2.28. The predicted molar refractivity (Wildman–Crippen MR) is 41.1 cm³/mol. The second-order valence-corrected chi connectivity index (χ2v) is 2.95. The predicted octanol–water partition coefficient (Wildman–Crippen LogP) is 0.0797. The molecule has 0 unspecified atom stereocenters. The minimum absolute atomic E-state index is 0.0405. The summed E-state index contributed by atoms with van der Waals surface area (Å²) in [5, 5.41) is 3.14. The van der Waals surface area contributed by atoms with Crippen molar-refractivity contribution >= 4 is 6.09 Å². The number of primary amides is 1. The van der Waals surface area contributed by atoms with Crippen LogP contribution >= 0.6 is 0 Å². The number of hydrogen-bond acceptors (Lipinski definition) is 3. The molecule has 1 aliphatic rings. The maximum Gasteiger partial charge on any atom is 0.404 e. The van der Waals surface area contributed by atoms with Crippen LogP contribution in [0.25, 0.3) is 0 Å². The zero-order chi connectivity index (χ0) is 8.27. The fourth-order valence-electron chi connectivity index (χ4n) is 1.27. The van der Waals surface area contributed by atoms with Gasteiger partial charge in [0.2, 0.25) is 0 Å². The largest absolute Gasteiger partial charge is 0.445 e. The number of nitrogens with one attached hydrogen (secondary N) is 1. The van der Waals surface area contributed by atoms with E-state index in [4.69, 9.17) is 10.5 Å². The van der Waals surface area contributed by atoms with Crippen LogP contribution in [-0.2, 0) is 4.74 Å². The monoisotopic (exact) mass is 158 g/mol. The van der Waals surface area contributed by atoms with E-state index in [1.165, 1.54) is 0 Å². The van der Waals surface area contributed by atoms with Gasteiger partial charge in [0.25, 0.3) is 0 Å². The quantitative estimate of drug-likeness (QED) is 0.568. The van der Waals surface area contributed by atoms with E-state index in [1.807, 2.05) is 0 Å². The number of piperidine rings is 1. The van der Waals surface area contributed by atoms with Crippen molar-refractivity contribution in [2.75, 3.05) is 13.1 Å². The topological polar surface area (TPSA) is 64.3 Å². The maximum absolute atomic E-state index is 10.4. The molecule has 11 heavy (non-hydrogen) atoms. The van der Waals surface area contributed by atoms with Crippen molar-refractivity contribution in [1.82, 2.24) is 5.32 Å². The molecule has 3 N–H and O–H groups in total. The first-order valence-corrected chi connectivity index (χ1v) is 3.87. The lowest BCUT2D eigenvalue weighted by atomic mass is 9.97. The standard InChI is InChI=1S/C7H14N2O2/c1-5-2-3-9-4-6(5)11-7(8)10/h5-6,9H,2-4H2,1H3,(H2,8,10)/t5-,6+/m1/s1. The number of amides is 1. The summed E-state index contributed by atoms with van der Waals surface area (Å²) in [6, 6.07) is 0. The third-order valence-electron chi connectivity index (χ3n) is 2.02. The molecule has 0 saturated carbocycles. The van der Waals surface area contributed by atoms with Crippen molar-refractivity contribution in [3.63, 3.8) is 0 Å². The van der Waals surface area contributed by atoms with Crippen LogP contribution in [0.5, 0.6) is 0 Å². The summed E-state index contributed by atoms with van der Waals surface area (Å²) in [5.41, 5.74) is 4.90. The van der Waals surface area contributed by atoms with Crippen molar-refractivity contribution in [3.05, 3.63) is 0 Å². The fourth-order valence-corrected chi connectivity index (χ4v) is 1.27. The van der Waals surface area contributed by atoms with Crippen LogP contribution in [0.15, 0.2) is 0 Å². The van der Waals surface area contributed by atoms with Gasteiger partial charge in [0, 0.05) is 6.54 Å². The van der Waals surface area contributed by atoms with Gasteiger partial charge in [0.05, 0.1) is 0 Å². The van der Waals surface area contributed by atoms with Gasteiger partial charge in [-0.2, -0.15) is 0 Å². The Morgan fingerprint density at radius 3 is 3.00 bits per heavy atom. The number of nitrogens with two attached hydrogens (primary N) is 1. The SMILES string of the molecule is C[C@@H]1CCNC[C@@H]1OC(N)=O. The Bertz CT molecular complexity index is 149. The van der Waals surface area contributed by atoms with E-state index in [0.717, 1.165) is 19.5 Å².